The fraction of sp³-hybridized carbons (Fsp3) is 0.600. The number of rotatable bonds is 4. The first-order chi connectivity index (χ1) is 8.86. The zero-order valence-electron chi connectivity index (χ0n) is 11.0. The Labute approximate surface area is 119 Å². The average Bonchev–Trinajstić information content (AvgIpc) is 2.34. The molecule has 2 nitrogen and oxygen atoms in total. The lowest BCUT2D eigenvalue weighted by Gasteiger charge is -2.24. The van der Waals surface area contributed by atoms with Crippen LogP contribution < -0.4 is 5.32 Å². The van der Waals surface area contributed by atoms with Crippen molar-refractivity contribution in [3.8, 4) is 0 Å². The summed E-state index contributed by atoms with van der Waals surface area (Å²) in [4.78, 5) is 2.60. The van der Waals surface area contributed by atoms with Crippen molar-refractivity contribution in [2.75, 3.05) is 31.5 Å². The molecule has 2 rings (SSSR count). The van der Waals surface area contributed by atoms with E-state index in [-0.39, 0.29) is 0 Å². The fourth-order valence-electron chi connectivity index (χ4n) is 2.49. The first-order valence-corrected chi connectivity index (χ1v) is 7.86. The van der Waals surface area contributed by atoms with Gasteiger partial charge in [-0.05, 0) is 54.0 Å². The molecule has 1 fully saturated rings. The Bertz CT molecular complexity index is 346. The van der Waals surface area contributed by atoms with Gasteiger partial charge in [0.1, 0.15) is 0 Å². The summed E-state index contributed by atoms with van der Waals surface area (Å²) in [6.45, 7) is 4.74. The molecule has 0 saturated carbocycles. The topological polar surface area (TPSA) is 15.3 Å². The molecule has 1 N–H and O–H groups in total. The number of hydrogen-bond donors (Lipinski definition) is 1. The first kappa shape index (κ1) is 13.9. The van der Waals surface area contributed by atoms with Gasteiger partial charge in [0.2, 0.25) is 0 Å². The standard InChI is InChI=1S/C15H23BrN2/c16-14-8-4-5-9-15(14)17-10-13-18-11-6-2-1-3-7-12-18/h4-5,8-9,17H,1-3,6-7,10-13H2. The number of hydrogen-bond acceptors (Lipinski definition) is 2. The van der Waals surface area contributed by atoms with Gasteiger partial charge in [0, 0.05) is 23.2 Å². The zero-order chi connectivity index (χ0) is 12.6. The molecule has 0 amide bonds. The van der Waals surface area contributed by atoms with Crippen molar-refractivity contribution in [2.24, 2.45) is 0 Å². The minimum Gasteiger partial charge on any atom is -0.383 e. The number of para-hydroxylation sites is 1. The molecule has 0 aliphatic carbocycles. The molecule has 0 aromatic heterocycles. The quantitative estimate of drug-likeness (QED) is 0.899. The van der Waals surface area contributed by atoms with Crippen molar-refractivity contribution in [1.29, 1.82) is 0 Å². The molecule has 1 aromatic rings. The SMILES string of the molecule is Brc1ccccc1NCCN1CCCCCCC1. The molecule has 0 atom stereocenters. The van der Waals surface area contributed by atoms with Gasteiger partial charge in [0.05, 0.1) is 0 Å². The van der Waals surface area contributed by atoms with E-state index in [1.807, 2.05) is 6.07 Å². The minimum absolute atomic E-state index is 1.03. The van der Waals surface area contributed by atoms with Crippen molar-refractivity contribution in [2.45, 2.75) is 32.1 Å². The summed E-state index contributed by atoms with van der Waals surface area (Å²) in [5.74, 6) is 0. The van der Waals surface area contributed by atoms with Crippen LogP contribution in [0.25, 0.3) is 0 Å². The van der Waals surface area contributed by atoms with Gasteiger partial charge in [-0.3, -0.25) is 0 Å². The average molecular weight is 311 g/mol. The van der Waals surface area contributed by atoms with Crippen LogP contribution in [-0.2, 0) is 0 Å². The molecule has 1 aliphatic heterocycles. The van der Waals surface area contributed by atoms with E-state index in [1.165, 1.54) is 50.9 Å². The van der Waals surface area contributed by atoms with E-state index in [9.17, 15) is 0 Å². The lowest BCUT2D eigenvalue weighted by Crippen LogP contribution is -2.32. The van der Waals surface area contributed by atoms with Crippen LogP contribution in [0.3, 0.4) is 0 Å². The summed E-state index contributed by atoms with van der Waals surface area (Å²) >= 11 is 3.57. The Hall–Kier alpha value is -0.540. The van der Waals surface area contributed by atoms with E-state index in [0.717, 1.165) is 17.6 Å². The maximum atomic E-state index is 3.57. The maximum absolute atomic E-state index is 3.57. The fourth-order valence-corrected chi connectivity index (χ4v) is 2.91. The van der Waals surface area contributed by atoms with E-state index in [4.69, 9.17) is 0 Å². The normalized spacial score (nSPS) is 18.1. The van der Waals surface area contributed by atoms with Crippen molar-refractivity contribution < 1.29 is 0 Å². The third-order valence-electron chi connectivity index (χ3n) is 3.57. The largest absolute Gasteiger partial charge is 0.383 e. The third-order valence-corrected chi connectivity index (χ3v) is 4.26. The molecule has 0 radical (unpaired) electrons. The highest BCUT2D eigenvalue weighted by molar-refractivity contribution is 9.10. The Balaban J connectivity index is 1.72. The van der Waals surface area contributed by atoms with Gasteiger partial charge >= 0.3 is 0 Å². The number of likely N-dealkylation sites (tertiary alicyclic amines) is 1. The van der Waals surface area contributed by atoms with E-state index in [1.54, 1.807) is 0 Å². The predicted octanol–water partition coefficient (Wildman–Crippen LogP) is 4.13. The maximum Gasteiger partial charge on any atom is 0.0485 e. The molecule has 1 aromatic carbocycles. The second kappa shape index (κ2) is 7.80. The molecule has 0 unspecified atom stereocenters. The highest BCUT2D eigenvalue weighted by Gasteiger charge is 2.07. The van der Waals surface area contributed by atoms with Crippen LogP contribution in [0.15, 0.2) is 28.7 Å². The smallest absolute Gasteiger partial charge is 0.0485 e. The summed E-state index contributed by atoms with van der Waals surface area (Å²) < 4.78 is 1.15. The van der Waals surface area contributed by atoms with Crippen LogP contribution in [0.4, 0.5) is 5.69 Å². The highest BCUT2D eigenvalue weighted by Crippen LogP contribution is 2.20. The molecular formula is C15H23BrN2. The van der Waals surface area contributed by atoms with Crippen LogP contribution in [0, 0.1) is 0 Å². The summed E-state index contributed by atoms with van der Waals surface area (Å²) in [6, 6.07) is 8.33. The highest BCUT2D eigenvalue weighted by atomic mass is 79.9. The Kier molecular flexibility index (Phi) is 6.01. The van der Waals surface area contributed by atoms with Gasteiger partial charge < -0.3 is 10.2 Å². The van der Waals surface area contributed by atoms with Crippen molar-refractivity contribution in [1.82, 2.24) is 4.90 Å². The number of benzene rings is 1. The molecule has 1 aliphatic rings. The van der Waals surface area contributed by atoms with Gasteiger partial charge in [0.15, 0.2) is 0 Å². The molecule has 0 spiro atoms. The summed E-state index contributed by atoms with van der Waals surface area (Å²) in [5, 5.41) is 3.51. The first-order valence-electron chi connectivity index (χ1n) is 7.07. The number of halogens is 1. The van der Waals surface area contributed by atoms with Gasteiger partial charge in [-0.2, -0.15) is 0 Å². The van der Waals surface area contributed by atoms with Crippen molar-refractivity contribution >= 4 is 21.6 Å². The van der Waals surface area contributed by atoms with E-state index < -0.39 is 0 Å². The van der Waals surface area contributed by atoms with Crippen LogP contribution in [0.5, 0.6) is 0 Å². The number of nitrogens with zero attached hydrogens (tertiary/aromatic N) is 1. The summed E-state index contributed by atoms with van der Waals surface area (Å²) in [6.07, 6.45) is 7.00. The summed E-state index contributed by atoms with van der Waals surface area (Å²) in [5.41, 5.74) is 1.20. The van der Waals surface area contributed by atoms with Crippen LogP contribution in [0.1, 0.15) is 32.1 Å². The van der Waals surface area contributed by atoms with Gasteiger partial charge in [-0.25, -0.2) is 0 Å². The third kappa shape index (κ3) is 4.62. The predicted molar refractivity (Wildman–Crippen MR) is 82.2 cm³/mol. The molecule has 3 heteroatoms. The van der Waals surface area contributed by atoms with Gasteiger partial charge in [0.25, 0.3) is 0 Å². The zero-order valence-corrected chi connectivity index (χ0v) is 12.6. The number of anilines is 1. The summed E-state index contributed by atoms with van der Waals surface area (Å²) in [7, 11) is 0. The molecule has 1 saturated heterocycles. The number of nitrogens with one attached hydrogen (secondary N) is 1. The Morgan fingerprint density at radius 2 is 1.67 bits per heavy atom. The van der Waals surface area contributed by atoms with E-state index >= 15 is 0 Å². The van der Waals surface area contributed by atoms with Gasteiger partial charge in [-0.1, -0.05) is 31.4 Å². The molecule has 0 bridgehead atoms. The monoisotopic (exact) mass is 310 g/mol. The molecular weight excluding hydrogens is 288 g/mol. The Morgan fingerprint density at radius 1 is 1.00 bits per heavy atom. The van der Waals surface area contributed by atoms with Gasteiger partial charge in [-0.15, -0.1) is 0 Å². The minimum atomic E-state index is 1.03. The molecule has 100 valence electrons. The lowest BCUT2D eigenvalue weighted by atomic mass is 10.1. The lowest BCUT2D eigenvalue weighted by molar-refractivity contribution is 0.256. The Morgan fingerprint density at radius 3 is 2.39 bits per heavy atom. The van der Waals surface area contributed by atoms with Crippen molar-refractivity contribution in [3.05, 3.63) is 28.7 Å². The van der Waals surface area contributed by atoms with E-state index in [0.29, 0.717) is 0 Å². The second-order valence-corrected chi connectivity index (χ2v) is 5.87. The second-order valence-electron chi connectivity index (χ2n) is 5.02. The van der Waals surface area contributed by atoms with Crippen LogP contribution in [-0.4, -0.2) is 31.1 Å². The van der Waals surface area contributed by atoms with E-state index in [2.05, 4.69) is 44.3 Å². The van der Waals surface area contributed by atoms with Crippen LogP contribution in [0.2, 0.25) is 0 Å². The molecule has 1 heterocycles. The van der Waals surface area contributed by atoms with Crippen LogP contribution >= 0.6 is 15.9 Å². The van der Waals surface area contributed by atoms with Crippen molar-refractivity contribution in [3.63, 3.8) is 0 Å². The molecule has 18 heavy (non-hydrogen) atoms.